The van der Waals surface area contributed by atoms with Crippen molar-refractivity contribution in [3.8, 4) is 0 Å². The topological polar surface area (TPSA) is 84.0 Å². The number of para-hydroxylation sites is 1. The lowest BCUT2D eigenvalue weighted by Gasteiger charge is -2.11. The Morgan fingerprint density at radius 3 is 2.44 bits per heavy atom. The predicted molar refractivity (Wildman–Crippen MR) is 95.6 cm³/mol. The van der Waals surface area contributed by atoms with Crippen molar-refractivity contribution in [2.75, 3.05) is 10.6 Å². The Morgan fingerprint density at radius 2 is 1.72 bits per heavy atom. The molecule has 25 heavy (non-hydrogen) atoms. The fraction of sp³-hybridized carbons (Fsp3) is 0.0526. The maximum absolute atomic E-state index is 12.4. The molecular weight excluding hydrogens is 316 g/mol. The van der Waals surface area contributed by atoms with Crippen LogP contribution in [0.5, 0.6) is 0 Å². The Morgan fingerprint density at radius 1 is 0.920 bits per heavy atom. The second-order valence-corrected chi connectivity index (χ2v) is 5.39. The molecule has 0 atom stereocenters. The largest absolute Gasteiger partial charge is 0.322 e. The van der Waals surface area contributed by atoms with Gasteiger partial charge in [-0.05, 0) is 36.8 Å². The van der Waals surface area contributed by atoms with Gasteiger partial charge in [-0.1, -0.05) is 24.3 Å². The van der Waals surface area contributed by atoms with E-state index in [4.69, 9.17) is 0 Å². The molecular formula is C19H16N4O2. The number of nitrogens with zero attached hydrogens (tertiary/aromatic N) is 2. The Hall–Kier alpha value is -3.54. The summed E-state index contributed by atoms with van der Waals surface area (Å²) in [5, 5.41) is 5.58. The summed E-state index contributed by atoms with van der Waals surface area (Å²) in [4.78, 5) is 32.5. The molecule has 3 aromatic rings. The van der Waals surface area contributed by atoms with Crippen molar-refractivity contribution in [3.05, 3.63) is 83.9 Å². The van der Waals surface area contributed by atoms with Crippen LogP contribution in [-0.2, 0) is 0 Å². The highest BCUT2D eigenvalue weighted by atomic mass is 16.2. The van der Waals surface area contributed by atoms with Gasteiger partial charge in [-0.3, -0.25) is 14.6 Å². The van der Waals surface area contributed by atoms with Crippen molar-refractivity contribution in [2.24, 2.45) is 0 Å². The van der Waals surface area contributed by atoms with Gasteiger partial charge in [-0.25, -0.2) is 4.98 Å². The molecule has 2 N–H and O–H groups in total. The molecule has 0 fully saturated rings. The van der Waals surface area contributed by atoms with E-state index in [1.807, 2.05) is 37.3 Å². The summed E-state index contributed by atoms with van der Waals surface area (Å²) in [5.41, 5.74) is 2.76. The number of carbonyl (C=O) groups is 2. The summed E-state index contributed by atoms with van der Waals surface area (Å²) in [5.74, 6) is -0.627. The summed E-state index contributed by atoms with van der Waals surface area (Å²) in [6.45, 7) is 1.85. The third kappa shape index (κ3) is 4.06. The highest BCUT2D eigenvalue weighted by Crippen LogP contribution is 2.19. The highest BCUT2D eigenvalue weighted by molar-refractivity contribution is 6.07. The average Bonchev–Trinajstić information content (AvgIpc) is 2.65. The fourth-order valence-corrected chi connectivity index (χ4v) is 2.23. The van der Waals surface area contributed by atoms with Gasteiger partial charge in [-0.15, -0.1) is 0 Å². The molecule has 6 heteroatoms. The summed E-state index contributed by atoms with van der Waals surface area (Å²) in [7, 11) is 0. The molecule has 0 saturated carbocycles. The quantitative estimate of drug-likeness (QED) is 0.768. The third-order valence-corrected chi connectivity index (χ3v) is 3.58. The van der Waals surface area contributed by atoms with Gasteiger partial charge in [0.2, 0.25) is 0 Å². The molecule has 0 aliphatic rings. The second-order valence-electron chi connectivity index (χ2n) is 5.39. The SMILES string of the molecule is Cc1ccc(C(=O)Nc2ccccc2)cc1NC(=O)c1cnccn1. The van der Waals surface area contributed by atoms with Crippen molar-refractivity contribution in [3.63, 3.8) is 0 Å². The number of nitrogens with one attached hydrogen (secondary N) is 2. The lowest BCUT2D eigenvalue weighted by atomic mass is 10.1. The number of anilines is 2. The number of carbonyl (C=O) groups excluding carboxylic acids is 2. The van der Waals surface area contributed by atoms with E-state index in [0.717, 1.165) is 5.56 Å². The third-order valence-electron chi connectivity index (χ3n) is 3.58. The molecule has 0 aliphatic heterocycles. The molecule has 0 unspecified atom stereocenters. The van der Waals surface area contributed by atoms with Crippen LogP contribution in [0.1, 0.15) is 26.4 Å². The smallest absolute Gasteiger partial charge is 0.275 e. The molecule has 0 bridgehead atoms. The van der Waals surface area contributed by atoms with E-state index in [2.05, 4.69) is 20.6 Å². The minimum Gasteiger partial charge on any atom is -0.322 e. The molecule has 2 aromatic carbocycles. The van der Waals surface area contributed by atoms with Gasteiger partial charge < -0.3 is 10.6 Å². The molecule has 0 radical (unpaired) electrons. The van der Waals surface area contributed by atoms with Gasteiger partial charge in [0.15, 0.2) is 0 Å². The number of amides is 2. The molecule has 0 saturated heterocycles. The first-order valence-corrected chi connectivity index (χ1v) is 7.68. The molecule has 3 rings (SSSR count). The van der Waals surface area contributed by atoms with E-state index in [-0.39, 0.29) is 17.5 Å². The van der Waals surface area contributed by atoms with Gasteiger partial charge >= 0.3 is 0 Å². The average molecular weight is 332 g/mol. The second kappa shape index (κ2) is 7.35. The Bertz CT molecular complexity index is 896. The molecule has 6 nitrogen and oxygen atoms in total. The number of hydrogen-bond acceptors (Lipinski definition) is 4. The fourth-order valence-electron chi connectivity index (χ4n) is 2.23. The summed E-state index contributed by atoms with van der Waals surface area (Å²) < 4.78 is 0. The van der Waals surface area contributed by atoms with Crippen LogP contribution in [0.4, 0.5) is 11.4 Å². The maximum Gasteiger partial charge on any atom is 0.275 e. The van der Waals surface area contributed by atoms with E-state index in [9.17, 15) is 9.59 Å². The van der Waals surface area contributed by atoms with Crippen molar-refractivity contribution in [1.82, 2.24) is 9.97 Å². The first-order valence-electron chi connectivity index (χ1n) is 7.68. The van der Waals surface area contributed by atoms with Crippen LogP contribution in [0.2, 0.25) is 0 Å². The van der Waals surface area contributed by atoms with Gasteiger partial charge in [0.25, 0.3) is 11.8 Å². The summed E-state index contributed by atoms with van der Waals surface area (Å²) in [6, 6.07) is 14.3. The lowest BCUT2D eigenvalue weighted by Crippen LogP contribution is -2.16. The first-order chi connectivity index (χ1) is 12.1. The van der Waals surface area contributed by atoms with Gasteiger partial charge in [0.1, 0.15) is 5.69 Å². The standard InChI is InChI=1S/C19H16N4O2/c1-13-7-8-14(18(24)22-15-5-3-2-4-6-15)11-16(13)23-19(25)17-12-20-9-10-21-17/h2-12H,1H3,(H,22,24)(H,23,25). The first kappa shape index (κ1) is 16.3. The van der Waals surface area contributed by atoms with E-state index in [1.165, 1.54) is 18.6 Å². The number of aromatic nitrogens is 2. The van der Waals surface area contributed by atoms with Crippen molar-refractivity contribution in [1.29, 1.82) is 0 Å². The van der Waals surface area contributed by atoms with Crippen molar-refractivity contribution in [2.45, 2.75) is 6.92 Å². The molecule has 0 spiro atoms. The zero-order chi connectivity index (χ0) is 17.6. The van der Waals surface area contributed by atoms with E-state index >= 15 is 0 Å². The monoisotopic (exact) mass is 332 g/mol. The van der Waals surface area contributed by atoms with Crippen LogP contribution in [0.3, 0.4) is 0 Å². The summed E-state index contributed by atoms with van der Waals surface area (Å²) in [6.07, 6.45) is 4.33. The minimum absolute atomic E-state index is 0.209. The Labute approximate surface area is 145 Å². The zero-order valence-electron chi connectivity index (χ0n) is 13.6. The van der Waals surface area contributed by atoms with Crippen LogP contribution in [0.15, 0.2) is 67.1 Å². The van der Waals surface area contributed by atoms with Crippen LogP contribution >= 0.6 is 0 Å². The van der Waals surface area contributed by atoms with Crippen LogP contribution < -0.4 is 10.6 Å². The number of aryl methyl sites for hydroxylation is 1. The van der Waals surface area contributed by atoms with E-state index in [0.29, 0.717) is 16.9 Å². The Kier molecular flexibility index (Phi) is 4.80. The van der Waals surface area contributed by atoms with Gasteiger partial charge in [-0.2, -0.15) is 0 Å². The van der Waals surface area contributed by atoms with Crippen LogP contribution in [0, 0.1) is 6.92 Å². The molecule has 124 valence electrons. The van der Waals surface area contributed by atoms with Crippen molar-refractivity contribution >= 4 is 23.2 Å². The number of benzene rings is 2. The normalized spacial score (nSPS) is 10.1. The number of rotatable bonds is 4. The molecule has 1 aromatic heterocycles. The van der Waals surface area contributed by atoms with Gasteiger partial charge in [0, 0.05) is 29.3 Å². The van der Waals surface area contributed by atoms with E-state index in [1.54, 1.807) is 18.2 Å². The maximum atomic E-state index is 12.4. The predicted octanol–water partition coefficient (Wildman–Crippen LogP) is 3.29. The van der Waals surface area contributed by atoms with Crippen LogP contribution in [0.25, 0.3) is 0 Å². The minimum atomic E-state index is -0.378. The lowest BCUT2D eigenvalue weighted by molar-refractivity contribution is 0.101. The summed E-state index contributed by atoms with van der Waals surface area (Å²) >= 11 is 0. The molecule has 0 aliphatic carbocycles. The van der Waals surface area contributed by atoms with Crippen molar-refractivity contribution < 1.29 is 9.59 Å². The molecule has 1 heterocycles. The molecule has 2 amide bonds. The van der Waals surface area contributed by atoms with E-state index < -0.39 is 0 Å². The Balaban J connectivity index is 1.78. The highest BCUT2D eigenvalue weighted by Gasteiger charge is 2.12. The number of hydrogen-bond donors (Lipinski definition) is 2. The van der Waals surface area contributed by atoms with Crippen LogP contribution in [-0.4, -0.2) is 21.8 Å². The van der Waals surface area contributed by atoms with Gasteiger partial charge in [0.05, 0.1) is 6.20 Å². The zero-order valence-corrected chi connectivity index (χ0v) is 13.6.